The first-order valence-electron chi connectivity index (χ1n) is 8.72. The summed E-state index contributed by atoms with van der Waals surface area (Å²) in [6.45, 7) is 2.53. The Bertz CT molecular complexity index is 801. The van der Waals surface area contributed by atoms with Crippen LogP contribution in [-0.4, -0.2) is 30.6 Å². The zero-order valence-electron chi connectivity index (χ0n) is 14.5. The van der Waals surface area contributed by atoms with E-state index in [1.165, 1.54) is 0 Å². The van der Waals surface area contributed by atoms with E-state index in [1.54, 1.807) is 7.11 Å². The highest BCUT2D eigenvalue weighted by molar-refractivity contribution is 6.02. The van der Waals surface area contributed by atoms with Crippen LogP contribution in [0.1, 0.15) is 41.9 Å². The number of hydrogen-bond donors (Lipinski definition) is 1. The predicted molar refractivity (Wildman–Crippen MR) is 96.2 cm³/mol. The van der Waals surface area contributed by atoms with Gasteiger partial charge in [0.2, 0.25) is 0 Å². The molecule has 1 amide bonds. The molecule has 130 valence electrons. The van der Waals surface area contributed by atoms with Crippen molar-refractivity contribution >= 4 is 11.6 Å². The molecule has 1 atom stereocenters. The monoisotopic (exact) mass is 338 g/mol. The van der Waals surface area contributed by atoms with Gasteiger partial charge in [0, 0.05) is 11.7 Å². The Morgan fingerprint density at radius 1 is 1.16 bits per heavy atom. The number of methoxy groups -OCH3 is 1. The summed E-state index contributed by atoms with van der Waals surface area (Å²) in [6, 6.07) is 13.9. The van der Waals surface area contributed by atoms with Crippen molar-refractivity contribution in [1.82, 2.24) is 4.90 Å². The highest BCUT2D eigenvalue weighted by Crippen LogP contribution is 2.42. The fourth-order valence-corrected chi connectivity index (χ4v) is 3.37. The third-order valence-electron chi connectivity index (χ3n) is 4.71. The minimum Gasteiger partial charge on any atom is -0.493 e. The van der Waals surface area contributed by atoms with Crippen LogP contribution in [0.2, 0.25) is 0 Å². The second-order valence-electron chi connectivity index (χ2n) is 6.38. The van der Waals surface area contributed by atoms with Gasteiger partial charge in [0.15, 0.2) is 11.5 Å². The molecule has 2 aromatic carbocycles. The number of benzene rings is 2. The van der Waals surface area contributed by atoms with Gasteiger partial charge in [0.25, 0.3) is 5.91 Å². The van der Waals surface area contributed by atoms with Crippen molar-refractivity contribution in [2.75, 3.05) is 19.0 Å². The second kappa shape index (κ2) is 6.31. The summed E-state index contributed by atoms with van der Waals surface area (Å²) in [6.07, 6.45) is 1.92. The molecule has 1 aliphatic heterocycles. The molecule has 1 aliphatic carbocycles. The zero-order valence-corrected chi connectivity index (χ0v) is 14.5. The summed E-state index contributed by atoms with van der Waals surface area (Å²) >= 11 is 0. The Hall–Kier alpha value is -2.69. The summed E-state index contributed by atoms with van der Waals surface area (Å²) in [5.41, 5.74) is 2.61. The topological polar surface area (TPSA) is 50.8 Å². The molecule has 2 aromatic rings. The van der Waals surface area contributed by atoms with Crippen LogP contribution < -0.4 is 14.8 Å². The maximum absolute atomic E-state index is 13.0. The lowest BCUT2D eigenvalue weighted by molar-refractivity contribution is 0.0666. The van der Waals surface area contributed by atoms with Crippen molar-refractivity contribution < 1.29 is 14.3 Å². The molecule has 25 heavy (non-hydrogen) atoms. The number of hydrogen-bond acceptors (Lipinski definition) is 4. The third kappa shape index (κ3) is 2.80. The maximum atomic E-state index is 13.0. The average Bonchev–Trinajstić information content (AvgIpc) is 3.47. The van der Waals surface area contributed by atoms with Crippen LogP contribution in [0.3, 0.4) is 0 Å². The smallest absolute Gasteiger partial charge is 0.258 e. The summed E-state index contributed by atoms with van der Waals surface area (Å²) in [5.74, 6) is 1.49. The first kappa shape index (κ1) is 15.8. The van der Waals surface area contributed by atoms with E-state index in [0.717, 1.165) is 29.7 Å². The molecule has 4 rings (SSSR count). The molecule has 0 unspecified atom stereocenters. The number of nitrogens with one attached hydrogen (secondary N) is 1. The summed E-state index contributed by atoms with van der Waals surface area (Å²) < 4.78 is 11.1. The Labute approximate surface area is 147 Å². The average molecular weight is 338 g/mol. The Kier molecular flexibility index (Phi) is 3.99. The van der Waals surface area contributed by atoms with Crippen LogP contribution in [0, 0.1) is 0 Å². The second-order valence-corrected chi connectivity index (χ2v) is 6.38. The molecular formula is C20H22N2O3. The van der Waals surface area contributed by atoms with Crippen molar-refractivity contribution in [3.8, 4) is 11.5 Å². The minimum absolute atomic E-state index is 0.0923. The standard InChI is InChI=1S/C20H22N2O3/c1-3-25-17-11-8-13(12-18(17)24-2)19-21-16-7-5-4-6-15(16)20(23)22(19)14-9-10-14/h4-8,11-12,14,19,21H,3,9-10H2,1-2H3/t19-/m1/s1. The van der Waals surface area contributed by atoms with Crippen LogP contribution in [0.15, 0.2) is 42.5 Å². The quantitative estimate of drug-likeness (QED) is 0.900. The van der Waals surface area contributed by atoms with Crippen molar-refractivity contribution in [3.63, 3.8) is 0 Å². The summed E-state index contributed by atoms with van der Waals surface area (Å²) in [5, 5.41) is 3.53. The fourth-order valence-electron chi connectivity index (χ4n) is 3.37. The van der Waals surface area contributed by atoms with Gasteiger partial charge in [-0.3, -0.25) is 4.79 Å². The number of ether oxygens (including phenoxy) is 2. The lowest BCUT2D eigenvalue weighted by atomic mass is 10.0. The van der Waals surface area contributed by atoms with Crippen LogP contribution in [0.25, 0.3) is 0 Å². The predicted octanol–water partition coefficient (Wildman–Crippen LogP) is 3.82. The number of fused-ring (bicyclic) bond motifs is 1. The number of carbonyl (C=O) groups is 1. The highest BCUT2D eigenvalue weighted by atomic mass is 16.5. The van der Waals surface area contributed by atoms with Gasteiger partial charge in [-0.15, -0.1) is 0 Å². The molecule has 1 saturated carbocycles. The maximum Gasteiger partial charge on any atom is 0.258 e. The first-order valence-corrected chi connectivity index (χ1v) is 8.72. The first-order chi connectivity index (χ1) is 12.2. The highest BCUT2D eigenvalue weighted by Gasteiger charge is 2.42. The molecule has 0 bridgehead atoms. The van der Waals surface area contributed by atoms with E-state index < -0.39 is 0 Å². The van der Waals surface area contributed by atoms with Gasteiger partial charge >= 0.3 is 0 Å². The third-order valence-corrected chi connectivity index (χ3v) is 4.71. The van der Waals surface area contributed by atoms with Crippen molar-refractivity contribution in [3.05, 3.63) is 53.6 Å². The molecule has 5 nitrogen and oxygen atoms in total. The van der Waals surface area contributed by atoms with Crippen LogP contribution in [-0.2, 0) is 0 Å². The summed E-state index contributed by atoms with van der Waals surface area (Å²) in [7, 11) is 1.63. The van der Waals surface area contributed by atoms with Crippen molar-refractivity contribution in [1.29, 1.82) is 0 Å². The van der Waals surface area contributed by atoms with E-state index >= 15 is 0 Å². The van der Waals surface area contributed by atoms with Crippen molar-refractivity contribution in [2.24, 2.45) is 0 Å². The van der Waals surface area contributed by atoms with E-state index in [-0.39, 0.29) is 12.1 Å². The molecule has 1 fully saturated rings. The van der Waals surface area contributed by atoms with Gasteiger partial charge in [-0.25, -0.2) is 0 Å². The molecule has 0 radical (unpaired) electrons. The van der Waals surface area contributed by atoms with Crippen LogP contribution >= 0.6 is 0 Å². The lowest BCUT2D eigenvalue weighted by Gasteiger charge is -2.38. The molecular weight excluding hydrogens is 316 g/mol. The van der Waals surface area contributed by atoms with Crippen molar-refractivity contribution in [2.45, 2.75) is 32.0 Å². The largest absolute Gasteiger partial charge is 0.493 e. The lowest BCUT2D eigenvalue weighted by Crippen LogP contribution is -2.44. The number of para-hydroxylation sites is 1. The van der Waals surface area contributed by atoms with E-state index in [2.05, 4.69) is 5.32 Å². The van der Waals surface area contributed by atoms with E-state index in [4.69, 9.17) is 9.47 Å². The molecule has 0 spiro atoms. The van der Waals surface area contributed by atoms with Gasteiger partial charge in [-0.2, -0.15) is 0 Å². The Morgan fingerprint density at radius 2 is 1.96 bits per heavy atom. The number of anilines is 1. The number of carbonyl (C=O) groups excluding carboxylic acids is 1. The molecule has 2 aliphatic rings. The molecule has 0 saturated heterocycles. The molecule has 1 N–H and O–H groups in total. The molecule has 1 heterocycles. The van der Waals surface area contributed by atoms with E-state index in [9.17, 15) is 4.79 Å². The number of amides is 1. The van der Waals surface area contributed by atoms with E-state index in [0.29, 0.717) is 24.1 Å². The number of nitrogens with zero attached hydrogens (tertiary/aromatic N) is 1. The van der Waals surface area contributed by atoms with Gasteiger partial charge in [0.1, 0.15) is 6.17 Å². The molecule has 5 heteroatoms. The zero-order chi connectivity index (χ0) is 17.4. The van der Waals surface area contributed by atoms with Gasteiger partial charge in [0.05, 0.1) is 19.3 Å². The minimum atomic E-state index is -0.195. The summed E-state index contributed by atoms with van der Waals surface area (Å²) in [4.78, 5) is 15.0. The normalized spacial score (nSPS) is 19.2. The van der Waals surface area contributed by atoms with E-state index in [1.807, 2.05) is 54.3 Å². The Morgan fingerprint density at radius 3 is 2.68 bits per heavy atom. The SMILES string of the molecule is CCOc1ccc([C@@H]2Nc3ccccc3C(=O)N2C2CC2)cc1OC. The van der Waals surface area contributed by atoms with Gasteiger partial charge in [-0.05, 0) is 49.6 Å². The van der Waals surface area contributed by atoms with Gasteiger partial charge < -0.3 is 19.7 Å². The molecule has 0 aromatic heterocycles. The van der Waals surface area contributed by atoms with Gasteiger partial charge in [-0.1, -0.05) is 18.2 Å². The Balaban J connectivity index is 1.74. The fraction of sp³-hybridized carbons (Fsp3) is 0.350. The van der Waals surface area contributed by atoms with Crippen LogP contribution in [0.4, 0.5) is 5.69 Å². The van der Waals surface area contributed by atoms with Crippen LogP contribution in [0.5, 0.6) is 11.5 Å². The number of rotatable bonds is 5.